The Bertz CT molecular complexity index is 428. The molecule has 1 heterocycles. The lowest BCUT2D eigenvalue weighted by Crippen LogP contribution is -2.42. The number of amides is 2. The molecule has 1 aliphatic heterocycles. The maximum atomic E-state index is 12.1. The molecular weight excluding hydrogens is 226 g/mol. The minimum absolute atomic E-state index is 0.123. The summed E-state index contributed by atoms with van der Waals surface area (Å²) in [5.74, 6) is 0.873. The molecule has 2 rings (SSSR count). The standard InChI is InChI=1S/C14H19N3O/c1-15-14(18)17(12-8-4-2-5-9-12)13-10-6-3-7-11-16-13/h2,4-5,8-9H,3,6-7,10-11H2,1H3,(H,15,18). The first kappa shape index (κ1) is 12.6. The fraction of sp³-hybridized carbons (Fsp3) is 0.429. The number of aliphatic imine (C=N–C) groups is 1. The lowest BCUT2D eigenvalue weighted by molar-refractivity contribution is 0.251. The summed E-state index contributed by atoms with van der Waals surface area (Å²) in [7, 11) is 1.65. The van der Waals surface area contributed by atoms with Crippen LogP contribution < -0.4 is 10.2 Å². The summed E-state index contributed by atoms with van der Waals surface area (Å²) in [6, 6.07) is 9.55. The molecule has 1 aromatic carbocycles. The van der Waals surface area contributed by atoms with E-state index in [2.05, 4.69) is 10.3 Å². The van der Waals surface area contributed by atoms with Crippen molar-refractivity contribution in [2.75, 3.05) is 18.5 Å². The Balaban J connectivity index is 2.30. The quantitative estimate of drug-likeness (QED) is 0.812. The van der Waals surface area contributed by atoms with E-state index in [1.54, 1.807) is 11.9 Å². The van der Waals surface area contributed by atoms with E-state index in [9.17, 15) is 4.79 Å². The van der Waals surface area contributed by atoms with Crippen molar-refractivity contribution in [3.8, 4) is 0 Å². The number of hydrogen-bond donors (Lipinski definition) is 1. The molecule has 0 saturated carbocycles. The molecule has 1 aromatic rings. The van der Waals surface area contributed by atoms with Crippen LogP contribution in [0.5, 0.6) is 0 Å². The van der Waals surface area contributed by atoms with Gasteiger partial charge >= 0.3 is 6.03 Å². The predicted molar refractivity (Wildman–Crippen MR) is 74.1 cm³/mol. The van der Waals surface area contributed by atoms with Crippen LogP contribution >= 0.6 is 0 Å². The molecule has 1 aliphatic rings. The Morgan fingerprint density at radius 1 is 1.22 bits per heavy atom. The summed E-state index contributed by atoms with van der Waals surface area (Å²) >= 11 is 0. The van der Waals surface area contributed by atoms with Crippen LogP contribution in [-0.2, 0) is 0 Å². The number of nitrogens with zero attached hydrogens (tertiary/aromatic N) is 2. The zero-order valence-electron chi connectivity index (χ0n) is 10.7. The second-order valence-corrected chi connectivity index (χ2v) is 4.33. The third-order valence-corrected chi connectivity index (χ3v) is 3.04. The number of anilines is 1. The van der Waals surface area contributed by atoms with Gasteiger partial charge in [0.05, 0.1) is 5.69 Å². The van der Waals surface area contributed by atoms with E-state index in [4.69, 9.17) is 0 Å². The van der Waals surface area contributed by atoms with E-state index < -0.39 is 0 Å². The smallest absolute Gasteiger partial charge is 0.327 e. The van der Waals surface area contributed by atoms with Crippen LogP contribution in [0.15, 0.2) is 35.3 Å². The highest BCUT2D eigenvalue weighted by Gasteiger charge is 2.20. The molecule has 2 amide bonds. The van der Waals surface area contributed by atoms with Crippen LogP contribution in [-0.4, -0.2) is 25.5 Å². The summed E-state index contributed by atoms with van der Waals surface area (Å²) < 4.78 is 0. The monoisotopic (exact) mass is 245 g/mol. The van der Waals surface area contributed by atoms with Crippen LogP contribution in [0.1, 0.15) is 25.7 Å². The van der Waals surface area contributed by atoms with Gasteiger partial charge in [-0.1, -0.05) is 24.6 Å². The number of para-hydroxylation sites is 1. The van der Waals surface area contributed by atoms with Crippen LogP contribution in [0, 0.1) is 0 Å². The number of urea groups is 1. The first-order valence-electron chi connectivity index (χ1n) is 6.43. The maximum Gasteiger partial charge on any atom is 0.327 e. The Hall–Kier alpha value is -1.84. The highest BCUT2D eigenvalue weighted by molar-refractivity contribution is 6.16. The predicted octanol–water partition coefficient (Wildman–Crippen LogP) is 2.80. The number of nitrogens with one attached hydrogen (secondary N) is 1. The van der Waals surface area contributed by atoms with Gasteiger partial charge in [0.1, 0.15) is 5.84 Å². The van der Waals surface area contributed by atoms with Gasteiger partial charge in [-0.2, -0.15) is 0 Å². The van der Waals surface area contributed by atoms with Crippen molar-refractivity contribution in [2.24, 2.45) is 4.99 Å². The minimum atomic E-state index is -0.123. The van der Waals surface area contributed by atoms with Crippen LogP contribution in [0.25, 0.3) is 0 Å². The van der Waals surface area contributed by atoms with E-state index in [1.807, 2.05) is 30.3 Å². The van der Waals surface area contributed by atoms with Crippen molar-refractivity contribution < 1.29 is 4.79 Å². The average molecular weight is 245 g/mol. The Morgan fingerprint density at radius 2 is 2.00 bits per heavy atom. The normalized spacial score (nSPS) is 15.5. The van der Waals surface area contributed by atoms with Crippen molar-refractivity contribution in [1.82, 2.24) is 5.32 Å². The molecule has 0 fully saturated rings. The fourth-order valence-corrected chi connectivity index (χ4v) is 2.11. The average Bonchev–Trinajstić information content (AvgIpc) is 2.69. The lowest BCUT2D eigenvalue weighted by Gasteiger charge is -2.23. The van der Waals surface area contributed by atoms with Crippen molar-refractivity contribution in [1.29, 1.82) is 0 Å². The van der Waals surface area contributed by atoms with E-state index >= 15 is 0 Å². The van der Waals surface area contributed by atoms with Crippen LogP contribution in [0.3, 0.4) is 0 Å². The number of rotatable bonds is 1. The molecule has 18 heavy (non-hydrogen) atoms. The third-order valence-electron chi connectivity index (χ3n) is 3.04. The highest BCUT2D eigenvalue weighted by atomic mass is 16.2. The van der Waals surface area contributed by atoms with Crippen molar-refractivity contribution in [2.45, 2.75) is 25.7 Å². The van der Waals surface area contributed by atoms with E-state index in [0.717, 1.165) is 37.3 Å². The van der Waals surface area contributed by atoms with Gasteiger partial charge in [-0.25, -0.2) is 4.79 Å². The molecular formula is C14H19N3O. The summed E-state index contributed by atoms with van der Waals surface area (Å²) in [6.45, 7) is 0.815. The Labute approximate surface area is 108 Å². The first-order valence-corrected chi connectivity index (χ1v) is 6.43. The SMILES string of the molecule is CNC(=O)N(C1=NCCCCC1)c1ccccc1. The van der Waals surface area contributed by atoms with Crippen LogP contribution in [0.4, 0.5) is 10.5 Å². The Morgan fingerprint density at radius 3 is 2.72 bits per heavy atom. The molecule has 1 N–H and O–H groups in total. The highest BCUT2D eigenvalue weighted by Crippen LogP contribution is 2.18. The fourth-order valence-electron chi connectivity index (χ4n) is 2.11. The topological polar surface area (TPSA) is 44.7 Å². The van der Waals surface area contributed by atoms with Gasteiger partial charge in [0.15, 0.2) is 0 Å². The molecule has 4 heteroatoms. The maximum absolute atomic E-state index is 12.1. The molecule has 0 atom stereocenters. The molecule has 0 unspecified atom stereocenters. The summed E-state index contributed by atoms with van der Waals surface area (Å²) in [4.78, 5) is 18.3. The second kappa shape index (κ2) is 6.19. The van der Waals surface area contributed by atoms with Crippen molar-refractivity contribution in [3.63, 3.8) is 0 Å². The summed E-state index contributed by atoms with van der Waals surface area (Å²) in [5, 5.41) is 2.69. The van der Waals surface area contributed by atoms with Crippen molar-refractivity contribution in [3.05, 3.63) is 30.3 Å². The molecule has 0 spiro atoms. The molecule has 0 bridgehead atoms. The number of carbonyl (C=O) groups is 1. The molecule has 0 aromatic heterocycles. The van der Waals surface area contributed by atoms with Crippen molar-refractivity contribution >= 4 is 17.6 Å². The number of amidine groups is 1. The molecule has 4 nitrogen and oxygen atoms in total. The second-order valence-electron chi connectivity index (χ2n) is 4.33. The molecule has 0 aliphatic carbocycles. The van der Waals surface area contributed by atoms with Gasteiger partial charge in [-0.05, 0) is 25.0 Å². The minimum Gasteiger partial charge on any atom is -0.340 e. The zero-order chi connectivity index (χ0) is 12.8. The van der Waals surface area contributed by atoms with Gasteiger partial charge in [0, 0.05) is 20.0 Å². The van der Waals surface area contributed by atoms with E-state index in [0.29, 0.717) is 0 Å². The van der Waals surface area contributed by atoms with Gasteiger partial charge in [0.25, 0.3) is 0 Å². The number of benzene rings is 1. The molecule has 0 radical (unpaired) electrons. The zero-order valence-corrected chi connectivity index (χ0v) is 10.7. The summed E-state index contributed by atoms with van der Waals surface area (Å²) in [5.41, 5.74) is 0.873. The van der Waals surface area contributed by atoms with Gasteiger partial charge in [0.2, 0.25) is 0 Å². The molecule has 0 saturated heterocycles. The summed E-state index contributed by atoms with van der Waals surface area (Å²) in [6.07, 6.45) is 4.25. The van der Waals surface area contributed by atoms with Crippen LogP contribution in [0.2, 0.25) is 0 Å². The first-order chi connectivity index (χ1) is 8.83. The number of carbonyl (C=O) groups excluding carboxylic acids is 1. The van der Waals surface area contributed by atoms with Gasteiger partial charge < -0.3 is 5.32 Å². The van der Waals surface area contributed by atoms with Gasteiger partial charge in [-0.15, -0.1) is 0 Å². The van der Waals surface area contributed by atoms with E-state index in [-0.39, 0.29) is 6.03 Å². The largest absolute Gasteiger partial charge is 0.340 e. The van der Waals surface area contributed by atoms with Gasteiger partial charge in [-0.3, -0.25) is 9.89 Å². The van der Waals surface area contributed by atoms with E-state index in [1.165, 1.54) is 6.42 Å². The third kappa shape index (κ3) is 2.88. The lowest BCUT2D eigenvalue weighted by atomic mass is 10.2. The number of hydrogen-bond acceptors (Lipinski definition) is 2. The molecule has 96 valence electrons. The Kier molecular flexibility index (Phi) is 4.34.